The summed E-state index contributed by atoms with van der Waals surface area (Å²) in [5.41, 5.74) is 3.20. The van der Waals surface area contributed by atoms with Crippen molar-refractivity contribution in [1.82, 2.24) is 14.5 Å². The highest BCUT2D eigenvalue weighted by Crippen LogP contribution is 2.34. The van der Waals surface area contributed by atoms with Crippen LogP contribution in [0.1, 0.15) is 38.8 Å². The van der Waals surface area contributed by atoms with E-state index in [4.69, 9.17) is 6.57 Å². The first kappa shape index (κ1) is 22.0. The van der Waals surface area contributed by atoms with Crippen molar-refractivity contribution in [3.05, 3.63) is 75.6 Å². The average Bonchev–Trinajstić information content (AvgIpc) is 2.81. The minimum Gasteiger partial charge on any atom is -0.362 e. The molecule has 7 heteroatoms. The summed E-state index contributed by atoms with van der Waals surface area (Å²) in [6.07, 6.45) is 0.901. The predicted octanol–water partition coefficient (Wildman–Crippen LogP) is 4.67. The zero-order valence-electron chi connectivity index (χ0n) is 18.9. The van der Waals surface area contributed by atoms with E-state index in [2.05, 4.69) is 40.4 Å². The number of nitrogens with zero attached hydrogens (tertiary/aromatic N) is 5. The fourth-order valence-corrected chi connectivity index (χ4v) is 4.76. The third-order valence-electron chi connectivity index (χ3n) is 6.69. The summed E-state index contributed by atoms with van der Waals surface area (Å²) in [7, 11) is 1.73. The van der Waals surface area contributed by atoms with Gasteiger partial charge in [0, 0.05) is 44.3 Å². The van der Waals surface area contributed by atoms with Gasteiger partial charge in [-0.25, -0.2) is 4.39 Å². The first-order valence-electron chi connectivity index (χ1n) is 11.0. The van der Waals surface area contributed by atoms with Crippen molar-refractivity contribution in [1.29, 1.82) is 0 Å². The van der Waals surface area contributed by atoms with Crippen LogP contribution in [0.5, 0.6) is 0 Å². The number of pyridine rings is 2. The van der Waals surface area contributed by atoms with Gasteiger partial charge in [-0.2, -0.15) is 0 Å². The van der Waals surface area contributed by atoms with Gasteiger partial charge in [0.15, 0.2) is 0 Å². The fraction of sp³-hybridized carbons (Fsp3) is 0.400. The van der Waals surface area contributed by atoms with E-state index in [0.717, 1.165) is 36.3 Å². The monoisotopic (exact) mass is 433 g/mol. The van der Waals surface area contributed by atoms with Crippen molar-refractivity contribution in [2.75, 3.05) is 18.0 Å². The van der Waals surface area contributed by atoms with E-state index in [1.807, 2.05) is 12.1 Å². The van der Waals surface area contributed by atoms with Gasteiger partial charge in [-0.05, 0) is 50.1 Å². The van der Waals surface area contributed by atoms with E-state index >= 15 is 0 Å². The second-order valence-corrected chi connectivity index (χ2v) is 8.56. The largest absolute Gasteiger partial charge is 0.362 e. The minimum atomic E-state index is -0.228. The summed E-state index contributed by atoms with van der Waals surface area (Å²) in [6.45, 7) is 15.4. The van der Waals surface area contributed by atoms with E-state index in [9.17, 15) is 9.18 Å². The summed E-state index contributed by atoms with van der Waals surface area (Å²) in [5.74, 6) is 0.0936. The van der Waals surface area contributed by atoms with E-state index in [-0.39, 0.29) is 29.5 Å². The first-order valence-corrected chi connectivity index (χ1v) is 11.0. The Kier molecular flexibility index (Phi) is 5.98. The van der Waals surface area contributed by atoms with Crippen molar-refractivity contribution >= 4 is 22.5 Å². The predicted molar refractivity (Wildman–Crippen MR) is 126 cm³/mol. The maximum Gasteiger partial charge on any atom is 0.270 e. The first-order chi connectivity index (χ1) is 15.3. The van der Waals surface area contributed by atoms with Gasteiger partial charge >= 0.3 is 0 Å². The molecule has 0 saturated carbocycles. The Balaban J connectivity index is 1.72. The van der Waals surface area contributed by atoms with Gasteiger partial charge in [-0.15, -0.1) is 4.98 Å². The number of aryl methyl sites for hydroxylation is 1. The Labute approximate surface area is 187 Å². The molecular formula is C25H28FN5O. The van der Waals surface area contributed by atoms with Crippen LogP contribution >= 0.6 is 0 Å². The number of halogens is 1. The van der Waals surface area contributed by atoms with Crippen molar-refractivity contribution in [2.45, 2.75) is 45.3 Å². The molecule has 3 aromatic rings. The Morgan fingerprint density at radius 1 is 1.22 bits per heavy atom. The summed E-state index contributed by atoms with van der Waals surface area (Å²) >= 11 is 0. The van der Waals surface area contributed by atoms with Gasteiger partial charge in [0.1, 0.15) is 5.82 Å². The molecule has 0 aliphatic carbocycles. The molecule has 0 radical (unpaired) electrons. The molecule has 1 aliphatic rings. The Morgan fingerprint density at radius 2 is 1.94 bits per heavy atom. The lowest BCUT2D eigenvalue weighted by molar-refractivity contribution is 0.114. The Hall–Kier alpha value is -3.24. The molecule has 0 amide bonds. The van der Waals surface area contributed by atoms with E-state index < -0.39 is 0 Å². The Morgan fingerprint density at radius 3 is 2.59 bits per heavy atom. The van der Waals surface area contributed by atoms with Crippen LogP contribution in [0.4, 0.5) is 15.9 Å². The molecule has 2 aromatic heterocycles. The number of anilines is 1. The van der Waals surface area contributed by atoms with E-state index in [0.29, 0.717) is 11.3 Å². The van der Waals surface area contributed by atoms with Gasteiger partial charge in [0.2, 0.25) is 5.52 Å². The molecular weight excluding hydrogens is 405 g/mol. The molecule has 166 valence electrons. The summed E-state index contributed by atoms with van der Waals surface area (Å²) < 4.78 is 15.0. The number of rotatable bonds is 4. The second-order valence-electron chi connectivity index (χ2n) is 8.56. The zero-order valence-corrected chi connectivity index (χ0v) is 18.9. The normalized spacial score (nSPS) is 20.3. The molecule has 6 nitrogen and oxygen atoms in total. The van der Waals surface area contributed by atoms with Crippen LogP contribution in [0.15, 0.2) is 47.3 Å². The van der Waals surface area contributed by atoms with Gasteiger partial charge < -0.3 is 14.3 Å². The van der Waals surface area contributed by atoms with E-state index in [1.54, 1.807) is 29.8 Å². The number of hydrogen-bond donors (Lipinski definition) is 0. The molecule has 3 heterocycles. The standard InChI is InChI=1S/C25H28FN5O/c1-6-20-15-30(17(3)18-7-9-19(26)10-8-18)16(2)14-31(20)22-13-24(32)29(5)21-11-12-23(27-4)28-25(21)22/h7-13,16-17,20H,6,14-15H2,1-3,5H3/t16-,17?,20+/m1/s1. The number of piperazine rings is 1. The quantitative estimate of drug-likeness (QED) is 0.561. The van der Waals surface area contributed by atoms with Crippen LogP contribution < -0.4 is 10.5 Å². The molecule has 1 saturated heterocycles. The molecule has 1 unspecified atom stereocenters. The van der Waals surface area contributed by atoms with Gasteiger partial charge in [-0.3, -0.25) is 9.69 Å². The molecule has 0 N–H and O–H groups in total. The summed E-state index contributed by atoms with van der Waals surface area (Å²) in [6, 6.07) is 12.4. The average molecular weight is 434 g/mol. The van der Waals surface area contributed by atoms with Crippen LogP contribution in [0.25, 0.3) is 15.9 Å². The summed E-state index contributed by atoms with van der Waals surface area (Å²) in [4.78, 5) is 25.5. The lowest BCUT2D eigenvalue weighted by Crippen LogP contribution is -2.58. The molecule has 32 heavy (non-hydrogen) atoms. The number of fused-ring (bicyclic) bond motifs is 1. The molecule has 1 aliphatic heterocycles. The zero-order chi connectivity index (χ0) is 23.0. The molecule has 0 bridgehead atoms. The van der Waals surface area contributed by atoms with Gasteiger partial charge in [0.05, 0.1) is 11.2 Å². The number of hydrogen-bond acceptors (Lipinski definition) is 4. The SMILES string of the molecule is [C-]#[N+]c1ccc2c(n1)c(N1C[C@@H](C)N(C(C)c3ccc(F)cc3)C[C@@H]1CC)cc(=O)n2C. The third-order valence-corrected chi connectivity index (χ3v) is 6.69. The van der Waals surface area contributed by atoms with Crippen LogP contribution in [0, 0.1) is 12.4 Å². The van der Waals surface area contributed by atoms with Crippen molar-refractivity contribution in [2.24, 2.45) is 7.05 Å². The second kappa shape index (κ2) is 8.71. The molecule has 0 spiro atoms. The maximum atomic E-state index is 13.4. The van der Waals surface area contributed by atoms with Gasteiger partial charge in [0.25, 0.3) is 11.4 Å². The highest BCUT2D eigenvalue weighted by atomic mass is 19.1. The third kappa shape index (κ3) is 3.87. The molecule has 3 atom stereocenters. The van der Waals surface area contributed by atoms with Crippen molar-refractivity contribution in [3.8, 4) is 0 Å². The lowest BCUT2D eigenvalue weighted by Gasteiger charge is -2.48. The van der Waals surface area contributed by atoms with E-state index in [1.165, 1.54) is 12.1 Å². The highest BCUT2D eigenvalue weighted by molar-refractivity contribution is 5.89. The number of benzene rings is 1. The highest BCUT2D eigenvalue weighted by Gasteiger charge is 2.35. The van der Waals surface area contributed by atoms with Crippen molar-refractivity contribution < 1.29 is 4.39 Å². The smallest absolute Gasteiger partial charge is 0.270 e. The van der Waals surface area contributed by atoms with Crippen LogP contribution in [0.2, 0.25) is 0 Å². The summed E-state index contributed by atoms with van der Waals surface area (Å²) in [5, 5.41) is 0. The molecule has 4 rings (SSSR count). The number of aromatic nitrogens is 2. The van der Waals surface area contributed by atoms with Crippen LogP contribution in [-0.4, -0.2) is 39.6 Å². The Bertz CT molecular complexity index is 1230. The van der Waals surface area contributed by atoms with Gasteiger partial charge in [-0.1, -0.05) is 25.6 Å². The molecule has 1 fully saturated rings. The minimum absolute atomic E-state index is 0.0884. The topological polar surface area (TPSA) is 45.7 Å². The lowest BCUT2D eigenvalue weighted by atomic mass is 9.98. The van der Waals surface area contributed by atoms with Crippen LogP contribution in [-0.2, 0) is 7.05 Å². The van der Waals surface area contributed by atoms with Crippen molar-refractivity contribution in [3.63, 3.8) is 0 Å². The fourth-order valence-electron chi connectivity index (χ4n) is 4.76. The maximum absolute atomic E-state index is 13.4. The molecule has 1 aromatic carbocycles. The van der Waals surface area contributed by atoms with Crippen LogP contribution in [0.3, 0.4) is 0 Å².